The molecule has 2 N–H and O–H groups in total. The number of hydrogen-bond donors (Lipinski definition) is 2. The topological polar surface area (TPSA) is 76.4 Å². The maximum atomic E-state index is 6.17. The van der Waals surface area contributed by atoms with Crippen LogP contribution in [-0.2, 0) is 23.7 Å². The van der Waals surface area contributed by atoms with Crippen molar-refractivity contribution < 1.29 is 4.74 Å². The number of ether oxygens (including phenoxy) is 1. The van der Waals surface area contributed by atoms with Crippen LogP contribution in [0.2, 0.25) is 5.02 Å². The van der Waals surface area contributed by atoms with E-state index in [0.717, 1.165) is 42.0 Å². The summed E-state index contributed by atoms with van der Waals surface area (Å²) in [6, 6.07) is 8.14. The first kappa shape index (κ1) is 22.9. The summed E-state index contributed by atoms with van der Waals surface area (Å²) in [5.74, 6) is 2.46. The van der Waals surface area contributed by atoms with Gasteiger partial charge in [0, 0.05) is 37.7 Å². The summed E-state index contributed by atoms with van der Waals surface area (Å²) < 4.78 is 7.08. The lowest BCUT2D eigenvalue weighted by molar-refractivity contribution is 0.203. The first-order valence-electron chi connectivity index (χ1n) is 9.16. The van der Waals surface area contributed by atoms with E-state index < -0.39 is 0 Å². The van der Waals surface area contributed by atoms with Gasteiger partial charge >= 0.3 is 0 Å². The molecule has 1 saturated carbocycles. The average Bonchev–Trinajstić information content (AvgIpc) is 3.39. The summed E-state index contributed by atoms with van der Waals surface area (Å²) in [6.07, 6.45) is 2.29. The van der Waals surface area contributed by atoms with Gasteiger partial charge in [-0.3, -0.25) is 0 Å². The zero-order valence-electron chi connectivity index (χ0n) is 16.5. The molecule has 1 aliphatic carbocycles. The molecule has 1 aromatic heterocycles. The lowest BCUT2D eigenvalue weighted by Crippen LogP contribution is -2.42. The monoisotopic (exact) mass is 518 g/mol. The number of halogens is 2. The van der Waals surface area contributed by atoms with Gasteiger partial charge in [-0.15, -0.1) is 34.2 Å². The molecule has 1 fully saturated rings. The molecule has 0 spiro atoms. The summed E-state index contributed by atoms with van der Waals surface area (Å²) in [5, 5.41) is 15.8. The molecule has 7 nitrogen and oxygen atoms in total. The Morgan fingerprint density at radius 3 is 2.71 bits per heavy atom. The Balaban J connectivity index is 0.00000280. The predicted octanol–water partition coefficient (Wildman–Crippen LogP) is 2.81. The molecular formula is C19H28ClIN6O. The van der Waals surface area contributed by atoms with Crippen molar-refractivity contribution in [3.63, 3.8) is 0 Å². The van der Waals surface area contributed by atoms with Gasteiger partial charge in [0.15, 0.2) is 11.8 Å². The van der Waals surface area contributed by atoms with Crippen LogP contribution in [0.25, 0.3) is 0 Å². The van der Waals surface area contributed by atoms with E-state index in [1.807, 2.05) is 30.7 Å². The van der Waals surface area contributed by atoms with Crippen LogP contribution < -0.4 is 10.6 Å². The standard InChI is InChI=1S/C19H27ClN6O.HI/c1-14-24-25-17(26(14)2)12-22-18(21-9-10-27-3)23-13-19(7-8-19)15-5-4-6-16(20)11-15;/h4-6,11H,7-10,12-13H2,1-3H3,(H2,21,22,23);1H. The number of hydrogen-bond acceptors (Lipinski definition) is 4. The number of aromatic nitrogens is 3. The second kappa shape index (κ2) is 10.4. The minimum absolute atomic E-state index is 0. The van der Waals surface area contributed by atoms with Crippen LogP contribution in [0.5, 0.6) is 0 Å². The number of nitrogens with zero attached hydrogens (tertiary/aromatic N) is 4. The molecule has 0 saturated heterocycles. The highest BCUT2D eigenvalue weighted by molar-refractivity contribution is 14.0. The van der Waals surface area contributed by atoms with E-state index in [9.17, 15) is 0 Å². The third-order valence-corrected chi connectivity index (χ3v) is 5.28. The summed E-state index contributed by atoms with van der Waals surface area (Å²) in [7, 11) is 3.64. The second-order valence-electron chi connectivity index (χ2n) is 6.95. The number of aliphatic imine (C=N–C) groups is 1. The molecule has 0 bridgehead atoms. The van der Waals surface area contributed by atoms with Crippen LogP contribution in [-0.4, -0.2) is 47.5 Å². The molecule has 2 aromatic rings. The van der Waals surface area contributed by atoms with Gasteiger partial charge < -0.3 is 19.9 Å². The predicted molar refractivity (Wildman–Crippen MR) is 123 cm³/mol. The van der Waals surface area contributed by atoms with Gasteiger partial charge in [-0.2, -0.15) is 0 Å². The Hall–Kier alpha value is -1.39. The van der Waals surface area contributed by atoms with E-state index in [1.165, 1.54) is 5.56 Å². The van der Waals surface area contributed by atoms with Crippen molar-refractivity contribution in [3.8, 4) is 0 Å². The Labute approximate surface area is 188 Å². The van der Waals surface area contributed by atoms with Crippen LogP contribution >= 0.6 is 35.6 Å². The van der Waals surface area contributed by atoms with E-state index in [2.05, 4.69) is 38.0 Å². The molecule has 0 aliphatic heterocycles. The normalized spacial score (nSPS) is 15.1. The van der Waals surface area contributed by atoms with Crippen LogP contribution in [0.1, 0.15) is 30.1 Å². The first-order valence-corrected chi connectivity index (χ1v) is 9.54. The number of rotatable bonds is 8. The lowest BCUT2D eigenvalue weighted by Gasteiger charge is -2.19. The average molecular weight is 519 g/mol. The maximum Gasteiger partial charge on any atom is 0.191 e. The van der Waals surface area contributed by atoms with E-state index in [-0.39, 0.29) is 29.4 Å². The van der Waals surface area contributed by atoms with Crippen molar-refractivity contribution in [3.05, 3.63) is 46.5 Å². The fraction of sp³-hybridized carbons (Fsp3) is 0.526. The molecule has 0 unspecified atom stereocenters. The highest BCUT2D eigenvalue weighted by Gasteiger charge is 2.44. The summed E-state index contributed by atoms with van der Waals surface area (Å²) in [5.41, 5.74) is 1.42. The summed E-state index contributed by atoms with van der Waals surface area (Å²) in [4.78, 5) is 4.67. The van der Waals surface area contributed by atoms with E-state index in [1.54, 1.807) is 7.11 Å². The van der Waals surface area contributed by atoms with Crippen LogP contribution in [0.15, 0.2) is 29.3 Å². The van der Waals surface area contributed by atoms with Gasteiger partial charge in [-0.1, -0.05) is 23.7 Å². The summed E-state index contributed by atoms with van der Waals surface area (Å²) >= 11 is 6.17. The van der Waals surface area contributed by atoms with Crippen LogP contribution in [0.4, 0.5) is 0 Å². The summed E-state index contributed by atoms with van der Waals surface area (Å²) in [6.45, 7) is 4.50. The quantitative estimate of drug-likeness (QED) is 0.243. The molecule has 0 atom stereocenters. The van der Waals surface area contributed by atoms with Gasteiger partial charge in [0.25, 0.3) is 0 Å². The zero-order valence-corrected chi connectivity index (χ0v) is 19.6. The van der Waals surface area contributed by atoms with Crippen molar-refractivity contribution in [2.45, 2.75) is 31.7 Å². The van der Waals surface area contributed by atoms with Crippen molar-refractivity contribution in [1.29, 1.82) is 0 Å². The van der Waals surface area contributed by atoms with E-state index >= 15 is 0 Å². The molecule has 154 valence electrons. The molecule has 1 heterocycles. The second-order valence-corrected chi connectivity index (χ2v) is 7.39. The molecular weight excluding hydrogens is 491 g/mol. The molecule has 28 heavy (non-hydrogen) atoms. The highest BCUT2D eigenvalue weighted by atomic mass is 127. The minimum atomic E-state index is 0. The van der Waals surface area contributed by atoms with Crippen molar-refractivity contribution in [1.82, 2.24) is 25.4 Å². The number of aryl methyl sites for hydroxylation is 1. The largest absolute Gasteiger partial charge is 0.383 e. The number of benzene rings is 1. The van der Waals surface area contributed by atoms with E-state index in [4.69, 9.17) is 16.3 Å². The smallest absolute Gasteiger partial charge is 0.191 e. The molecule has 1 aromatic carbocycles. The van der Waals surface area contributed by atoms with Gasteiger partial charge in [-0.05, 0) is 37.5 Å². The zero-order chi connectivity index (χ0) is 19.3. The highest BCUT2D eigenvalue weighted by Crippen LogP contribution is 2.48. The SMILES string of the molecule is COCCNC(=NCc1nnc(C)n1C)NCC1(c2cccc(Cl)c2)CC1.I. The Bertz CT molecular complexity index is 805. The van der Waals surface area contributed by atoms with Gasteiger partial charge in [0.2, 0.25) is 0 Å². The van der Waals surface area contributed by atoms with Gasteiger partial charge in [0.05, 0.1) is 6.61 Å². The van der Waals surface area contributed by atoms with Crippen molar-refractivity contribution >= 4 is 41.5 Å². The Morgan fingerprint density at radius 1 is 1.32 bits per heavy atom. The Kier molecular flexibility index (Phi) is 8.51. The number of guanidine groups is 1. The van der Waals surface area contributed by atoms with Crippen LogP contribution in [0.3, 0.4) is 0 Å². The van der Waals surface area contributed by atoms with Crippen molar-refractivity contribution in [2.24, 2.45) is 12.0 Å². The van der Waals surface area contributed by atoms with E-state index in [0.29, 0.717) is 19.7 Å². The molecule has 1 aliphatic rings. The lowest BCUT2D eigenvalue weighted by atomic mass is 9.96. The molecule has 9 heteroatoms. The number of nitrogens with one attached hydrogen (secondary N) is 2. The third-order valence-electron chi connectivity index (χ3n) is 5.04. The first-order chi connectivity index (χ1) is 13.0. The number of methoxy groups -OCH3 is 1. The van der Waals surface area contributed by atoms with Gasteiger partial charge in [-0.25, -0.2) is 4.99 Å². The van der Waals surface area contributed by atoms with Crippen LogP contribution in [0, 0.1) is 6.92 Å². The van der Waals surface area contributed by atoms with Crippen molar-refractivity contribution in [2.75, 3.05) is 26.8 Å². The fourth-order valence-electron chi connectivity index (χ4n) is 2.97. The molecule has 0 amide bonds. The molecule has 3 rings (SSSR count). The maximum absolute atomic E-state index is 6.17. The fourth-order valence-corrected chi connectivity index (χ4v) is 3.16. The third kappa shape index (κ3) is 5.81. The Morgan fingerprint density at radius 2 is 2.11 bits per heavy atom. The molecule has 0 radical (unpaired) electrons. The van der Waals surface area contributed by atoms with Gasteiger partial charge in [0.1, 0.15) is 12.4 Å². The minimum Gasteiger partial charge on any atom is -0.383 e.